The fraction of sp³-hybridized carbons (Fsp3) is 0.533. The average molecular weight is 217 g/mol. The highest BCUT2D eigenvalue weighted by molar-refractivity contribution is 5.69. The van der Waals surface area contributed by atoms with Crippen molar-refractivity contribution in [3.05, 3.63) is 27.8 Å². The van der Waals surface area contributed by atoms with E-state index in [0.717, 1.165) is 0 Å². The number of hydrogen-bond donors (Lipinski definition) is 0. The second-order valence-electron chi connectivity index (χ2n) is 4.80. The van der Waals surface area contributed by atoms with E-state index in [1.807, 2.05) is 13.1 Å². The normalized spacial score (nSPS) is 11.8. The van der Waals surface area contributed by atoms with Gasteiger partial charge in [-0.15, -0.1) is 0 Å². The number of rotatable bonds is 2. The van der Waals surface area contributed by atoms with Crippen LogP contribution in [-0.2, 0) is 0 Å². The first-order valence-corrected chi connectivity index (χ1v) is 6.00. The molecule has 0 bridgehead atoms. The molecule has 0 saturated carbocycles. The maximum atomic E-state index is 4.57. The molecule has 0 aliphatic heterocycles. The molecule has 16 heavy (non-hydrogen) atoms. The zero-order valence-electron chi connectivity index (χ0n) is 11.6. The van der Waals surface area contributed by atoms with Gasteiger partial charge in [-0.25, -0.2) is 0 Å². The van der Waals surface area contributed by atoms with Gasteiger partial charge in [-0.05, 0) is 68.4 Å². The first kappa shape index (κ1) is 13.0. The predicted molar refractivity (Wildman–Crippen MR) is 73.3 cm³/mol. The lowest BCUT2D eigenvalue weighted by Crippen LogP contribution is -2.01. The van der Waals surface area contributed by atoms with Gasteiger partial charge in [0.25, 0.3) is 0 Å². The van der Waals surface area contributed by atoms with Gasteiger partial charge in [-0.3, -0.25) is 4.99 Å². The van der Waals surface area contributed by atoms with E-state index >= 15 is 0 Å². The van der Waals surface area contributed by atoms with Crippen molar-refractivity contribution in [2.45, 2.75) is 54.4 Å². The summed E-state index contributed by atoms with van der Waals surface area (Å²) in [5.74, 6) is 0.525. The van der Waals surface area contributed by atoms with Crippen molar-refractivity contribution in [3.63, 3.8) is 0 Å². The third-order valence-corrected chi connectivity index (χ3v) is 3.54. The number of aliphatic imine (C=N–C) groups is 1. The van der Waals surface area contributed by atoms with E-state index < -0.39 is 0 Å². The molecule has 0 unspecified atom stereocenters. The minimum Gasteiger partial charge on any atom is -0.261 e. The second kappa shape index (κ2) is 4.82. The Morgan fingerprint density at radius 2 is 1.38 bits per heavy atom. The fourth-order valence-electron chi connectivity index (χ4n) is 2.32. The molecule has 0 fully saturated rings. The molecule has 0 N–H and O–H groups in total. The molecule has 1 heteroatoms. The summed E-state index contributed by atoms with van der Waals surface area (Å²) in [4.78, 5) is 4.57. The van der Waals surface area contributed by atoms with Gasteiger partial charge in [0.1, 0.15) is 0 Å². The van der Waals surface area contributed by atoms with Crippen molar-refractivity contribution in [2.24, 2.45) is 4.99 Å². The molecule has 88 valence electrons. The van der Waals surface area contributed by atoms with Crippen molar-refractivity contribution in [2.75, 3.05) is 0 Å². The van der Waals surface area contributed by atoms with Gasteiger partial charge in [0.2, 0.25) is 0 Å². The Morgan fingerprint density at radius 3 is 1.81 bits per heavy atom. The molecule has 0 spiro atoms. The maximum Gasteiger partial charge on any atom is 0.0694 e. The zero-order chi connectivity index (χ0) is 12.5. The second-order valence-corrected chi connectivity index (χ2v) is 4.80. The molecular formula is C15H23N. The SMILES string of the molecule is CC=Nc1c(C)c(C)c(C)c(C)c1C(C)C. The molecule has 0 radical (unpaired) electrons. The van der Waals surface area contributed by atoms with Crippen molar-refractivity contribution >= 4 is 11.9 Å². The molecule has 0 aromatic heterocycles. The van der Waals surface area contributed by atoms with Crippen LogP contribution in [0.1, 0.15) is 54.5 Å². The molecule has 1 aromatic rings. The highest BCUT2D eigenvalue weighted by atomic mass is 14.7. The van der Waals surface area contributed by atoms with Crippen molar-refractivity contribution in [3.8, 4) is 0 Å². The van der Waals surface area contributed by atoms with E-state index in [2.05, 4.69) is 46.5 Å². The Labute approximate surface area is 99.6 Å². The molecule has 0 aliphatic rings. The topological polar surface area (TPSA) is 12.4 Å². The molecule has 0 amide bonds. The smallest absolute Gasteiger partial charge is 0.0694 e. The molecule has 1 nitrogen and oxygen atoms in total. The van der Waals surface area contributed by atoms with Crippen molar-refractivity contribution in [1.82, 2.24) is 0 Å². The van der Waals surface area contributed by atoms with Gasteiger partial charge in [0.15, 0.2) is 0 Å². The highest BCUT2D eigenvalue weighted by Gasteiger charge is 2.16. The standard InChI is InChI=1S/C15H23N/c1-8-16-15-13(7)11(5)10(4)12(6)14(15)9(2)3/h8-9H,1-7H3. The Hall–Kier alpha value is -1.11. The van der Waals surface area contributed by atoms with Gasteiger partial charge in [0.05, 0.1) is 5.69 Å². The maximum absolute atomic E-state index is 4.57. The summed E-state index contributed by atoms with van der Waals surface area (Å²) in [6.45, 7) is 15.3. The van der Waals surface area contributed by atoms with Crippen LogP contribution in [0.15, 0.2) is 4.99 Å². The van der Waals surface area contributed by atoms with Gasteiger partial charge >= 0.3 is 0 Å². The monoisotopic (exact) mass is 217 g/mol. The predicted octanol–water partition coefficient (Wildman–Crippen LogP) is 4.77. The van der Waals surface area contributed by atoms with E-state index in [0.29, 0.717) is 5.92 Å². The first-order valence-electron chi connectivity index (χ1n) is 6.00. The Balaban J connectivity index is 3.68. The molecular weight excluding hydrogens is 194 g/mol. The Kier molecular flexibility index (Phi) is 3.90. The van der Waals surface area contributed by atoms with Crippen LogP contribution in [0.2, 0.25) is 0 Å². The molecule has 0 atom stereocenters. The lowest BCUT2D eigenvalue weighted by molar-refractivity contribution is 0.850. The summed E-state index contributed by atoms with van der Waals surface area (Å²) in [5, 5.41) is 0. The van der Waals surface area contributed by atoms with Crippen LogP contribution < -0.4 is 0 Å². The lowest BCUT2D eigenvalue weighted by Gasteiger charge is -2.20. The summed E-state index contributed by atoms with van der Waals surface area (Å²) < 4.78 is 0. The van der Waals surface area contributed by atoms with Crippen LogP contribution in [0.25, 0.3) is 0 Å². The van der Waals surface area contributed by atoms with E-state index in [1.165, 1.54) is 33.5 Å². The highest BCUT2D eigenvalue weighted by Crippen LogP contribution is 2.37. The number of nitrogens with zero attached hydrogens (tertiary/aromatic N) is 1. The minimum atomic E-state index is 0.525. The Bertz CT molecular complexity index is 426. The van der Waals surface area contributed by atoms with Crippen molar-refractivity contribution in [1.29, 1.82) is 0 Å². The first-order chi connectivity index (χ1) is 7.41. The lowest BCUT2D eigenvalue weighted by atomic mass is 9.87. The molecule has 0 aliphatic carbocycles. The third-order valence-electron chi connectivity index (χ3n) is 3.54. The van der Waals surface area contributed by atoms with E-state index in [-0.39, 0.29) is 0 Å². The van der Waals surface area contributed by atoms with Crippen molar-refractivity contribution < 1.29 is 0 Å². The molecule has 0 heterocycles. The van der Waals surface area contributed by atoms with Gasteiger partial charge in [-0.2, -0.15) is 0 Å². The van der Waals surface area contributed by atoms with E-state index in [9.17, 15) is 0 Å². The zero-order valence-corrected chi connectivity index (χ0v) is 11.6. The number of hydrogen-bond acceptors (Lipinski definition) is 1. The molecule has 1 aromatic carbocycles. The van der Waals surface area contributed by atoms with Gasteiger partial charge < -0.3 is 0 Å². The average Bonchev–Trinajstić information content (AvgIpc) is 2.23. The van der Waals surface area contributed by atoms with Gasteiger partial charge in [0, 0.05) is 6.21 Å². The summed E-state index contributed by atoms with van der Waals surface area (Å²) in [5.41, 5.74) is 8.10. The number of benzene rings is 1. The summed E-state index contributed by atoms with van der Waals surface area (Å²) >= 11 is 0. The van der Waals surface area contributed by atoms with Crippen LogP contribution in [-0.4, -0.2) is 6.21 Å². The van der Waals surface area contributed by atoms with Crippen LogP contribution in [0.5, 0.6) is 0 Å². The van der Waals surface area contributed by atoms with Crippen LogP contribution in [0.3, 0.4) is 0 Å². The molecule has 1 rings (SSSR count). The minimum absolute atomic E-state index is 0.525. The fourth-order valence-corrected chi connectivity index (χ4v) is 2.32. The van der Waals surface area contributed by atoms with Crippen LogP contribution >= 0.6 is 0 Å². The Morgan fingerprint density at radius 1 is 0.875 bits per heavy atom. The largest absolute Gasteiger partial charge is 0.261 e. The van der Waals surface area contributed by atoms with E-state index in [4.69, 9.17) is 0 Å². The molecule has 0 saturated heterocycles. The van der Waals surface area contributed by atoms with Gasteiger partial charge in [-0.1, -0.05) is 13.8 Å². The quantitative estimate of drug-likeness (QED) is 0.633. The summed E-state index contributed by atoms with van der Waals surface area (Å²) in [6, 6.07) is 0. The van der Waals surface area contributed by atoms with Crippen LogP contribution in [0, 0.1) is 27.7 Å². The third kappa shape index (κ3) is 2.04. The van der Waals surface area contributed by atoms with Crippen LogP contribution in [0.4, 0.5) is 5.69 Å². The summed E-state index contributed by atoms with van der Waals surface area (Å²) in [6.07, 6.45) is 1.89. The summed E-state index contributed by atoms with van der Waals surface area (Å²) in [7, 11) is 0. The van der Waals surface area contributed by atoms with E-state index in [1.54, 1.807) is 0 Å².